The molecule has 0 saturated heterocycles. The molecule has 2 aromatic heterocycles. The van der Waals surface area contributed by atoms with Crippen LogP contribution >= 0.6 is 11.3 Å². The number of carboxylic acid groups (broad SMARTS) is 1. The molecular weight excluding hydrogens is 248 g/mol. The maximum absolute atomic E-state index is 10.9. The van der Waals surface area contributed by atoms with Crippen molar-refractivity contribution in [2.45, 2.75) is 33.7 Å². The number of aromatic carboxylic acids is 1. The van der Waals surface area contributed by atoms with Gasteiger partial charge in [-0.3, -0.25) is 4.68 Å². The summed E-state index contributed by atoms with van der Waals surface area (Å²) in [7, 11) is 0. The Balaban J connectivity index is 2.46. The topological polar surface area (TPSA) is 55.1 Å². The molecular formula is C13H16N2O2S. The first kappa shape index (κ1) is 12.8. The molecule has 0 aliphatic heterocycles. The molecule has 2 rings (SSSR count). The molecule has 0 aliphatic carbocycles. The van der Waals surface area contributed by atoms with Crippen LogP contribution in [0.1, 0.15) is 34.4 Å². The number of hydrogen-bond acceptors (Lipinski definition) is 3. The summed E-state index contributed by atoms with van der Waals surface area (Å²) in [6.07, 6.45) is 1.03. The highest BCUT2D eigenvalue weighted by Crippen LogP contribution is 2.33. The van der Waals surface area contributed by atoms with Crippen molar-refractivity contribution >= 4 is 17.3 Å². The number of rotatable bonds is 4. The van der Waals surface area contributed by atoms with Crippen LogP contribution in [0.2, 0.25) is 0 Å². The van der Waals surface area contributed by atoms with Gasteiger partial charge in [0.25, 0.3) is 0 Å². The fraction of sp³-hybridized carbons (Fsp3) is 0.385. The zero-order valence-corrected chi connectivity index (χ0v) is 11.5. The third kappa shape index (κ3) is 2.18. The molecule has 0 fully saturated rings. The molecule has 18 heavy (non-hydrogen) atoms. The standard InChI is InChI=1S/C13H16N2O2S/c1-4-7-15-9(3)12(8(2)14-15)10-5-6-11(18-10)13(16)17/h5-6H,4,7H2,1-3H3,(H,16,17). The summed E-state index contributed by atoms with van der Waals surface area (Å²) >= 11 is 1.30. The van der Waals surface area contributed by atoms with Crippen LogP contribution in [0.4, 0.5) is 0 Å². The van der Waals surface area contributed by atoms with Crippen LogP contribution in [0.5, 0.6) is 0 Å². The maximum Gasteiger partial charge on any atom is 0.345 e. The van der Waals surface area contributed by atoms with Gasteiger partial charge >= 0.3 is 5.97 Å². The van der Waals surface area contributed by atoms with E-state index in [1.54, 1.807) is 6.07 Å². The van der Waals surface area contributed by atoms with Crippen molar-refractivity contribution in [2.75, 3.05) is 0 Å². The molecule has 0 unspecified atom stereocenters. The highest BCUT2D eigenvalue weighted by Gasteiger charge is 2.16. The lowest BCUT2D eigenvalue weighted by Crippen LogP contribution is -2.01. The minimum atomic E-state index is -0.873. The van der Waals surface area contributed by atoms with Crippen molar-refractivity contribution in [2.24, 2.45) is 0 Å². The lowest BCUT2D eigenvalue weighted by atomic mass is 10.1. The molecule has 2 heterocycles. The second kappa shape index (κ2) is 4.94. The maximum atomic E-state index is 10.9. The molecule has 1 N–H and O–H groups in total. The number of carboxylic acids is 1. The summed E-state index contributed by atoms with van der Waals surface area (Å²) in [5, 5.41) is 13.5. The van der Waals surface area contributed by atoms with E-state index >= 15 is 0 Å². The Morgan fingerprint density at radius 3 is 2.72 bits per heavy atom. The third-order valence-electron chi connectivity index (χ3n) is 2.88. The average molecular weight is 264 g/mol. The molecule has 0 bridgehead atoms. The van der Waals surface area contributed by atoms with Gasteiger partial charge in [0.05, 0.1) is 5.69 Å². The van der Waals surface area contributed by atoms with E-state index in [9.17, 15) is 4.79 Å². The second-order valence-corrected chi connectivity index (χ2v) is 5.32. The van der Waals surface area contributed by atoms with Crippen LogP contribution in [-0.4, -0.2) is 20.9 Å². The zero-order chi connectivity index (χ0) is 13.3. The summed E-state index contributed by atoms with van der Waals surface area (Å²) in [6, 6.07) is 3.51. The lowest BCUT2D eigenvalue weighted by Gasteiger charge is -2.02. The number of nitrogens with zero attached hydrogens (tertiary/aromatic N) is 2. The Hall–Kier alpha value is -1.62. The van der Waals surface area contributed by atoms with Crippen molar-refractivity contribution in [1.82, 2.24) is 9.78 Å². The number of thiophene rings is 1. The van der Waals surface area contributed by atoms with Crippen molar-refractivity contribution in [3.05, 3.63) is 28.4 Å². The minimum Gasteiger partial charge on any atom is -0.477 e. The van der Waals surface area contributed by atoms with Gasteiger partial charge in [-0.1, -0.05) is 6.92 Å². The Bertz CT molecular complexity index is 584. The van der Waals surface area contributed by atoms with Gasteiger partial charge in [-0.15, -0.1) is 11.3 Å². The van der Waals surface area contributed by atoms with Crippen LogP contribution in [0.15, 0.2) is 12.1 Å². The number of aromatic nitrogens is 2. The summed E-state index contributed by atoms with van der Waals surface area (Å²) < 4.78 is 1.99. The Kier molecular flexibility index (Phi) is 3.52. The van der Waals surface area contributed by atoms with Gasteiger partial charge in [-0.05, 0) is 32.4 Å². The van der Waals surface area contributed by atoms with Crippen molar-refractivity contribution in [3.63, 3.8) is 0 Å². The van der Waals surface area contributed by atoms with Gasteiger partial charge in [-0.25, -0.2) is 4.79 Å². The van der Waals surface area contributed by atoms with E-state index in [1.807, 2.05) is 24.6 Å². The van der Waals surface area contributed by atoms with Gasteiger partial charge in [0.1, 0.15) is 4.88 Å². The fourth-order valence-corrected chi connectivity index (χ4v) is 3.06. The lowest BCUT2D eigenvalue weighted by molar-refractivity contribution is 0.0702. The van der Waals surface area contributed by atoms with Crippen molar-refractivity contribution < 1.29 is 9.90 Å². The van der Waals surface area contributed by atoms with E-state index in [-0.39, 0.29) is 0 Å². The third-order valence-corrected chi connectivity index (χ3v) is 3.97. The first-order valence-corrected chi connectivity index (χ1v) is 6.73. The fourth-order valence-electron chi connectivity index (χ4n) is 2.07. The molecule has 0 aliphatic rings. The molecule has 2 aromatic rings. The summed E-state index contributed by atoms with van der Waals surface area (Å²) in [5.41, 5.74) is 3.13. The number of carbonyl (C=O) groups is 1. The first-order chi connectivity index (χ1) is 8.54. The van der Waals surface area contributed by atoms with Gasteiger partial charge < -0.3 is 5.11 Å². The van der Waals surface area contributed by atoms with E-state index in [1.165, 1.54) is 11.3 Å². The highest BCUT2D eigenvalue weighted by atomic mass is 32.1. The van der Waals surface area contributed by atoms with Crippen LogP contribution in [0.3, 0.4) is 0 Å². The van der Waals surface area contributed by atoms with Gasteiger partial charge in [0.2, 0.25) is 0 Å². The van der Waals surface area contributed by atoms with Crippen molar-refractivity contribution in [3.8, 4) is 10.4 Å². The van der Waals surface area contributed by atoms with Crippen LogP contribution in [0, 0.1) is 13.8 Å². The number of aryl methyl sites for hydroxylation is 2. The molecule has 5 heteroatoms. The number of hydrogen-bond donors (Lipinski definition) is 1. The minimum absolute atomic E-state index is 0.368. The smallest absolute Gasteiger partial charge is 0.345 e. The molecule has 0 atom stereocenters. The largest absolute Gasteiger partial charge is 0.477 e. The molecule has 0 saturated carbocycles. The first-order valence-electron chi connectivity index (χ1n) is 5.92. The predicted molar refractivity (Wildman–Crippen MR) is 72.3 cm³/mol. The normalized spacial score (nSPS) is 10.8. The van der Waals surface area contributed by atoms with Crippen molar-refractivity contribution in [1.29, 1.82) is 0 Å². The zero-order valence-electron chi connectivity index (χ0n) is 10.7. The Morgan fingerprint density at radius 1 is 1.44 bits per heavy atom. The SMILES string of the molecule is CCCn1nc(C)c(-c2ccc(C(=O)O)s2)c1C. The summed E-state index contributed by atoms with van der Waals surface area (Å²) in [5.74, 6) is -0.873. The highest BCUT2D eigenvalue weighted by molar-refractivity contribution is 7.17. The van der Waals surface area contributed by atoms with E-state index in [2.05, 4.69) is 12.0 Å². The molecule has 0 aromatic carbocycles. The average Bonchev–Trinajstić information content (AvgIpc) is 2.86. The van der Waals surface area contributed by atoms with E-state index in [0.717, 1.165) is 34.8 Å². The quantitative estimate of drug-likeness (QED) is 0.921. The van der Waals surface area contributed by atoms with Crippen LogP contribution in [0.25, 0.3) is 10.4 Å². The van der Waals surface area contributed by atoms with E-state index in [4.69, 9.17) is 5.11 Å². The summed E-state index contributed by atoms with van der Waals surface area (Å²) in [6.45, 7) is 7.01. The summed E-state index contributed by atoms with van der Waals surface area (Å²) in [4.78, 5) is 12.3. The van der Waals surface area contributed by atoms with Gasteiger partial charge in [0.15, 0.2) is 0 Å². The van der Waals surface area contributed by atoms with Gasteiger partial charge in [0, 0.05) is 22.7 Å². The molecule has 0 radical (unpaired) electrons. The molecule has 0 spiro atoms. The molecule has 0 amide bonds. The Morgan fingerprint density at radius 2 is 2.17 bits per heavy atom. The monoisotopic (exact) mass is 264 g/mol. The van der Waals surface area contributed by atoms with Crippen LogP contribution in [-0.2, 0) is 6.54 Å². The predicted octanol–water partition coefficient (Wildman–Crippen LogP) is 3.34. The van der Waals surface area contributed by atoms with E-state index < -0.39 is 5.97 Å². The van der Waals surface area contributed by atoms with Crippen LogP contribution < -0.4 is 0 Å². The Labute approximate surface area is 110 Å². The molecule has 4 nitrogen and oxygen atoms in total. The molecule has 96 valence electrons. The second-order valence-electron chi connectivity index (χ2n) is 4.24. The van der Waals surface area contributed by atoms with E-state index in [0.29, 0.717) is 4.88 Å². The van der Waals surface area contributed by atoms with Gasteiger partial charge in [-0.2, -0.15) is 5.10 Å².